The Kier molecular flexibility index (Phi) is 3.41. The van der Waals surface area contributed by atoms with E-state index < -0.39 is 0 Å². The van der Waals surface area contributed by atoms with Crippen molar-refractivity contribution in [2.75, 3.05) is 6.61 Å². The van der Waals surface area contributed by atoms with E-state index in [0.717, 1.165) is 35.0 Å². The molecular weight excluding hydrogens is 262 g/mol. The molecule has 21 heavy (non-hydrogen) atoms. The predicted octanol–water partition coefficient (Wildman–Crippen LogP) is 3.59. The second-order valence-corrected chi connectivity index (χ2v) is 7.34. The Morgan fingerprint density at radius 3 is 2.43 bits per heavy atom. The van der Waals surface area contributed by atoms with Crippen LogP contribution in [0.4, 0.5) is 0 Å². The number of aliphatic hydroxyl groups is 1. The van der Waals surface area contributed by atoms with Gasteiger partial charge >= 0.3 is 0 Å². The highest BCUT2D eigenvalue weighted by molar-refractivity contribution is 5.26. The molecular formula is C18H25NO2. The van der Waals surface area contributed by atoms with Crippen molar-refractivity contribution in [1.29, 1.82) is 0 Å². The molecule has 4 saturated carbocycles. The lowest BCUT2D eigenvalue weighted by Crippen LogP contribution is -2.47. The van der Waals surface area contributed by atoms with Gasteiger partial charge in [-0.15, -0.1) is 0 Å². The fraction of sp³-hybridized carbons (Fsp3) is 0.722. The Hall–Kier alpha value is -1.09. The van der Waals surface area contributed by atoms with Gasteiger partial charge < -0.3 is 9.84 Å². The maximum Gasteiger partial charge on any atom is 0.137 e. The van der Waals surface area contributed by atoms with Crippen LogP contribution in [0.3, 0.4) is 0 Å². The van der Waals surface area contributed by atoms with Gasteiger partial charge in [-0.3, -0.25) is 4.98 Å². The number of nitrogens with zero attached hydrogens (tertiary/aromatic N) is 1. The lowest BCUT2D eigenvalue weighted by molar-refractivity contribution is -0.0909. The summed E-state index contributed by atoms with van der Waals surface area (Å²) < 4.78 is 5.53. The zero-order valence-corrected chi connectivity index (χ0v) is 12.7. The minimum absolute atomic E-state index is 0.368. The fourth-order valence-corrected chi connectivity index (χ4v) is 5.55. The number of hydrogen-bond donors (Lipinski definition) is 1. The molecule has 4 aliphatic rings. The summed E-state index contributed by atoms with van der Waals surface area (Å²) in [6.07, 6.45) is 10.0. The first-order chi connectivity index (χ1) is 10.2. The molecule has 1 heterocycles. The van der Waals surface area contributed by atoms with Crippen molar-refractivity contribution in [2.24, 2.45) is 29.6 Å². The third-order valence-electron chi connectivity index (χ3n) is 6.05. The van der Waals surface area contributed by atoms with Crippen LogP contribution in [0.25, 0.3) is 0 Å². The van der Waals surface area contributed by atoms with E-state index in [1.165, 1.54) is 32.1 Å². The van der Waals surface area contributed by atoms with Gasteiger partial charge in [0.05, 0.1) is 18.9 Å². The first-order valence-electron chi connectivity index (χ1n) is 8.50. The molecule has 0 aromatic carbocycles. The lowest BCUT2D eigenvalue weighted by atomic mass is 9.50. The van der Waals surface area contributed by atoms with Gasteiger partial charge in [-0.25, -0.2) is 0 Å². The van der Waals surface area contributed by atoms with Gasteiger partial charge in [-0.2, -0.15) is 0 Å². The van der Waals surface area contributed by atoms with E-state index in [2.05, 4.69) is 4.98 Å². The van der Waals surface area contributed by atoms with Crippen molar-refractivity contribution < 1.29 is 9.84 Å². The molecule has 0 spiro atoms. The molecule has 4 fully saturated rings. The second kappa shape index (κ2) is 5.28. The van der Waals surface area contributed by atoms with E-state index in [0.29, 0.717) is 12.5 Å². The van der Waals surface area contributed by atoms with Crippen LogP contribution in [0.2, 0.25) is 0 Å². The largest absolute Gasteiger partial charge is 0.492 e. The summed E-state index contributed by atoms with van der Waals surface area (Å²) in [5, 5.41) is 10.9. The molecule has 0 radical (unpaired) electrons. The first-order valence-corrected chi connectivity index (χ1v) is 8.50. The summed E-state index contributed by atoms with van der Waals surface area (Å²) in [7, 11) is 0. The van der Waals surface area contributed by atoms with Crippen LogP contribution >= 0.6 is 0 Å². The highest BCUT2D eigenvalue weighted by atomic mass is 16.5. The maximum absolute atomic E-state index is 10.9. The maximum atomic E-state index is 10.9. The summed E-state index contributed by atoms with van der Waals surface area (Å²) in [5.41, 5.74) is 0.943. The summed E-state index contributed by atoms with van der Waals surface area (Å²) in [6.45, 7) is 2.61. The average Bonchev–Trinajstić information content (AvgIpc) is 2.46. The molecule has 114 valence electrons. The minimum atomic E-state index is -0.368. The zero-order valence-electron chi connectivity index (χ0n) is 12.7. The van der Waals surface area contributed by atoms with Gasteiger partial charge in [0.25, 0.3) is 0 Å². The van der Waals surface area contributed by atoms with E-state index in [1.54, 1.807) is 6.20 Å². The van der Waals surface area contributed by atoms with Crippen LogP contribution in [0.5, 0.6) is 5.75 Å². The average molecular weight is 287 g/mol. The highest BCUT2D eigenvalue weighted by Crippen LogP contribution is 2.59. The third-order valence-corrected chi connectivity index (χ3v) is 6.05. The zero-order chi connectivity index (χ0) is 14.4. The molecule has 0 aliphatic heterocycles. The van der Waals surface area contributed by atoms with Crippen LogP contribution in [0, 0.1) is 29.6 Å². The quantitative estimate of drug-likeness (QED) is 0.920. The number of hydrogen-bond acceptors (Lipinski definition) is 3. The van der Waals surface area contributed by atoms with Gasteiger partial charge in [-0.1, -0.05) is 0 Å². The van der Waals surface area contributed by atoms with Crippen molar-refractivity contribution in [1.82, 2.24) is 4.98 Å². The van der Waals surface area contributed by atoms with Gasteiger partial charge in [0, 0.05) is 11.8 Å². The smallest absolute Gasteiger partial charge is 0.137 e. The van der Waals surface area contributed by atoms with Gasteiger partial charge in [0.1, 0.15) is 5.75 Å². The van der Waals surface area contributed by atoms with Crippen molar-refractivity contribution in [2.45, 2.75) is 45.1 Å². The molecule has 1 aromatic rings. The molecule has 3 heteroatoms. The molecule has 5 rings (SSSR count). The van der Waals surface area contributed by atoms with Gasteiger partial charge in [-0.05, 0) is 74.7 Å². The SMILES string of the molecule is CCOc1cncc(C(O)C2C3CC4CC(C3)CC2C4)c1. The topological polar surface area (TPSA) is 42.4 Å². The Morgan fingerprint density at radius 1 is 1.14 bits per heavy atom. The van der Waals surface area contributed by atoms with Crippen LogP contribution in [-0.2, 0) is 0 Å². The number of rotatable bonds is 4. The first kappa shape index (κ1) is 13.6. The molecule has 4 aliphatic carbocycles. The van der Waals surface area contributed by atoms with Crippen molar-refractivity contribution in [3.8, 4) is 5.75 Å². The van der Waals surface area contributed by atoms with Crippen LogP contribution < -0.4 is 4.74 Å². The third kappa shape index (κ3) is 2.36. The van der Waals surface area contributed by atoms with E-state index in [1.807, 2.05) is 19.2 Å². The molecule has 1 N–H and O–H groups in total. The number of aliphatic hydroxyl groups excluding tert-OH is 1. The Balaban J connectivity index is 1.57. The predicted molar refractivity (Wildman–Crippen MR) is 80.9 cm³/mol. The minimum Gasteiger partial charge on any atom is -0.492 e. The highest BCUT2D eigenvalue weighted by Gasteiger charge is 2.50. The Labute approximate surface area is 126 Å². The van der Waals surface area contributed by atoms with Crippen LogP contribution in [0.15, 0.2) is 18.5 Å². The van der Waals surface area contributed by atoms with Gasteiger partial charge in [0.2, 0.25) is 0 Å². The molecule has 4 bridgehead atoms. The molecule has 0 amide bonds. The summed E-state index contributed by atoms with van der Waals surface area (Å²) in [6, 6.07) is 1.98. The number of ether oxygens (including phenoxy) is 1. The van der Waals surface area contributed by atoms with E-state index >= 15 is 0 Å². The van der Waals surface area contributed by atoms with E-state index in [4.69, 9.17) is 4.74 Å². The lowest BCUT2D eigenvalue weighted by Gasteiger charge is -2.55. The monoisotopic (exact) mass is 287 g/mol. The fourth-order valence-electron chi connectivity index (χ4n) is 5.55. The van der Waals surface area contributed by atoms with Crippen LogP contribution in [0.1, 0.15) is 50.7 Å². The summed E-state index contributed by atoms with van der Waals surface area (Å²) >= 11 is 0. The summed E-state index contributed by atoms with van der Waals surface area (Å²) in [5.74, 6) is 4.57. The standard InChI is InChI=1S/C18H25NO2/c1-2-21-16-8-15(9-19-10-16)18(20)17-13-4-11-3-12(6-13)7-14(17)5-11/h8-14,17-18,20H,2-7H2,1H3. The normalized spacial score (nSPS) is 38.5. The summed E-state index contributed by atoms with van der Waals surface area (Å²) in [4.78, 5) is 4.25. The number of pyridine rings is 1. The molecule has 0 saturated heterocycles. The molecule has 3 nitrogen and oxygen atoms in total. The molecule has 1 unspecified atom stereocenters. The van der Waals surface area contributed by atoms with Crippen molar-refractivity contribution in [3.05, 3.63) is 24.0 Å². The number of aromatic nitrogens is 1. The van der Waals surface area contributed by atoms with E-state index in [9.17, 15) is 5.11 Å². The second-order valence-electron chi connectivity index (χ2n) is 7.34. The molecule has 1 atom stereocenters. The van der Waals surface area contributed by atoms with Crippen molar-refractivity contribution >= 4 is 0 Å². The van der Waals surface area contributed by atoms with Crippen molar-refractivity contribution in [3.63, 3.8) is 0 Å². The Bertz CT molecular complexity index is 488. The molecule has 1 aromatic heterocycles. The Morgan fingerprint density at radius 2 is 1.81 bits per heavy atom. The van der Waals surface area contributed by atoms with Gasteiger partial charge in [0.15, 0.2) is 0 Å². The van der Waals surface area contributed by atoms with E-state index in [-0.39, 0.29) is 6.10 Å². The van der Waals surface area contributed by atoms with Crippen LogP contribution in [-0.4, -0.2) is 16.7 Å².